The number of rotatable bonds is 8. The number of hydrogen-bond donors (Lipinski definition) is 1. The molecule has 0 saturated heterocycles. The van der Waals surface area contributed by atoms with Gasteiger partial charge in [0.2, 0.25) is 0 Å². The number of nitrogens with one attached hydrogen (secondary N) is 1. The second kappa shape index (κ2) is 8.65. The van der Waals surface area contributed by atoms with E-state index in [-0.39, 0.29) is 30.3 Å². The number of ether oxygens (including phenoxy) is 1. The fourth-order valence-corrected chi connectivity index (χ4v) is 3.39. The number of esters is 1. The molecule has 4 nitrogen and oxygen atoms in total. The lowest BCUT2D eigenvalue weighted by Crippen LogP contribution is -2.46. The van der Waals surface area contributed by atoms with Crippen LogP contribution in [0.4, 0.5) is 0 Å². The minimum Gasteiger partial charge on any atom is -0.456 e. The molecule has 0 heterocycles. The number of carbonyl (C=O) groups is 2. The van der Waals surface area contributed by atoms with E-state index in [2.05, 4.69) is 17.4 Å². The van der Waals surface area contributed by atoms with Crippen LogP contribution < -0.4 is 5.32 Å². The Morgan fingerprint density at radius 3 is 2.23 bits per heavy atom. The van der Waals surface area contributed by atoms with E-state index in [9.17, 15) is 9.59 Å². The molecule has 136 valence electrons. The highest BCUT2D eigenvalue weighted by molar-refractivity contribution is 5.80. The largest absolute Gasteiger partial charge is 0.456 e. The monoisotopic (exact) mass is 351 g/mol. The quantitative estimate of drug-likeness (QED) is 0.742. The molecule has 4 heteroatoms. The summed E-state index contributed by atoms with van der Waals surface area (Å²) < 4.78 is 5.10. The third-order valence-corrected chi connectivity index (χ3v) is 5.15. The van der Waals surface area contributed by atoms with Gasteiger partial charge in [0.25, 0.3) is 5.91 Å². The van der Waals surface area contributed by atoms with Gasteiger partial charge in [0, 0.05) is 18.4 Å². The molecule has 1 amide bonds. The highest BCUT2D eigenvalue weighted by Crippen LogP contribution is 2.43. The second-order valence-corrected chi connectivity index (χ2v) is 6.92. The summed E-state index contributed by atoms with van der Waals surface area (Å²) in [5.41, 5.74) is 2.39. The number of carbonyl (C=O) groups excluding carboxylic acids is 2. The van der Waals surface area contributed by atoms with Gasteiger partial charge >= 0.3 is 5.97 Å². The molecule has 2 aromatic carbocycles. The second-order valence-electron chi connectivity index (χ2n) is 6.92. The summed E-state index contributed by atoms with van der Waals surface area (Å²) in [7, 11) is 0. The van der Waals surface area contributed by atoms with Gasteiger partial charge in [-0.15, -0.1) is 0 Å². The van der Waals surface area contributed by atoms with Gasteiger partial charge in [0.15, 0.2) is 6.61 Å². The molecule has 1 saturated carbocycles. The van der Waals surface area contributed by atoms with Crippen molar-refractivity contribution >= 4 is 11.9 Å². The van der Waals surface area contributed by atoms with E-state index in [1.54, 1.807) is 0 Å². The maximum Gasteiger partial charge on any atom is 0.306 e. The van der Waals surface area contributed by atoms with Crippen LogP contribution in [0, 0.1) is 0 Å². The molecule has 1 N–H and O–H groups in total. The first-order valence-corrected chi connectivity index (χ1v) is 9.20. The SMILES string of the molecule is O=C(COC(=O)CCc1ccccc1)NCC1(c2ccccc2)CCC1. The Labute approximate surface area is 154 Å². The maximum absolute atomic E-state index is 12.1. The Kier molecular flexibility index (Phi) is 6.05. The van der Waals surface area contributed by atoms with E-state index in [0.29, 0.717) is 13.0 Å². The Morgan fingerprint density at radius 1 is 0.962 bits per heavy atom. The molecule has 1 fully saturated rings. The number of benzene rings is 2. The molecule has 0 atom stereocenters. The van der Waals surface area contributed by atoms with Gasteiger partial charge < -0.3 is 10.1 Å². The fourth-order valence-electron chi connectivity index (χ4n) is 3.39. The Hall–Kier alpha value is -2.62. The zero-order chi connectivity index (χ0) is 18.2. The van der Waals surface area contributed by atoms with Crippen molar-refractivity contribution in [3.63, 3.8) is 0 Å². The van der Waals surface area contributed by atoms with Crippen LogP contribution in [-0.2, 0) is 26.2 Å². The Balaban J connectivity index is 1.39. The van der Waals surface area contributed by atoms with E-state index in [4.69, 9.17) is 4.74 Å². The lowest BCUT2D eigenvalue weighted by atomic mass is 9.64. The van der Waals surface area contributed by atoms with Crippen LogP contribution in [0.2, 0.25) is 0 Å². The van der Waals surface area contributed by atoms with Crippen LogP contribution in [0.1, 0.15) is 36.8 Å². The average Bonchev–Trinajstić information content (AvgIpc) is 2.65. The molecule has 3 rings (SSSR count). The molecule has 0 spiro atoms. The zero-order valence-corrected chi connectivity index (χ0v) is 14.9. The van der Waals surface area contributed by atoms with E-state index in [1.165, 1.54) is 12.0 Å². The zero-order valence-electron chi connectivity index (χ0n) is 14.9. The van der Waals surface area contributed by atoms with Crippen molar-refractivity contribution in [3.8, 4) is 0 Å². The van der Waals surface area contributed by atoms with Gasteiger partial charge in [-0.1, -0.05) is 67.1 Å². The molecule has 1 aliphatic rings. The third kappa shape index (κ3) is 4.72. The average molecular weight is 351 g/mol. The molecule has 2 aromatic rings. The van der Waals surface area contributed by atoms with Gasteiger partial charge in [0.05, 0.1) is 0 Å². The predicted molar refractivity (Wildman–Crippen MR) is 101 cm³/mol. The molecule has 0 aliphatic heterocycles. The van der Waals surface area contributed by atoms with E-state index in [1.807, 2.05) is 48.5 Å². The summed E-state index contributed by atoms with van der Waals surface area (Å²) >= 11 is 0. The Bertz CT molecular complexity index is 724. The fraction of sp³-hybridized carbons (Fsp3) is 0.364. The van der Waals surface area contributed by atoms with Crippen molar-refractivity contribution in [1.29, 1.82) is 0 Å². The summed E-state index contributed by atoms with van der Waals surface area (Å²) in [6.07, 6.45) is 4.24. The predicted octanol–water partition coefficient (Wildman–Crippen LogP) is 3.40. The molecular formula is C22H25NO3. The topological polar surface area (TPSA) is 55.4 Å². The highest BCUT2D eigenvalue weighted by atomic mass is 16.5. The molecular weight excluding hydrogens is 326 g/mol. The molecule has 1 aliphatic carbocycles. The lowest BCUT2D eigenvalue weighted by molar-refractivity contribution is -0.148. The van der Waals surface area contributed by atoms with Crippen molar-refractivity contribution in [2.75, 3.05) is 13.2 Å². The molecule has 0 unspecified atom stereocenters. The molecule has 0 radical (unpaired) electrons. The summed E-state index contributed by atoms with van der Waals surface area (Å²) in [4.78, 5) is 23.9. The lowest BCUT2D eigenvalue weighted by Gasteiger charge is -2.42. The third-order valence-electron chi connectivity index (χ3n) is 5.15. The van der Waals surface area contributed by atoms with Crippen LogP contribution in [0.3, 0.4) is 0 Å². The van der Waals surface area contributed by atoms with Gasteiger partial charge in [0.1, 0.15) is 0 Å². The van der Waals surface area contributed by atoms with Crippen molar-refractivity contribution in [2.45, 2.75) is 37.5 Å². The van der Waals surface area contributed by atoms with Crippen molar-refractivity contribution in [1.82, 2.24) is 5.32 Å². The first kappa shape index (κ1) is 18.2. The van der Waals surface area contributed by atoms with Crippen LogP contribution in [0.15, 0.2) is 60.7 Å². The summed E-state index contributed by atoms with van der Waals surface area (Å²) in [5.74, 6) is -0.578. The highest BCUT2D eigenvalue weighted by Gasteiger charge is 2.38. The minimum atomic E-state index is -0.342. The number of amides is 1. The molecule has 26 heavy (non-hydrogen) atoms. The van der Waals surface area contributed by atoms with Crippen molar-refractivity contribution in [2.24, 2.45) is 0 Å². The van der Waals surface area contributed by atoms with Crippen molar-refractivity contribution < 1.29 is 14.3 Å². The van der Waals surface area contributed by atoms with Crippen LogP contribution in [0.25, 0.3) is 0 Å². The standard InChI is InChI=1S/C22H25NO3/c24-20(16-26-21(25)13-12-18-8-3-1-4-9-18)23-17-22(14-7-15-22)19-10-5-2-6-11-19/h1-6,8-11H,7,12-17H2,(H,23,24). The Morgan fingerprint density at radius 2 is 1.62 bits per heavy atom. The number of aryl methyl sites for hydroxylation is 1. The first-order chi connectivity index (χ1) is 12.7. The minimum absolute atomic E-state index is 0.0360. The summed E-state index contributed by atoms with van der Waals surface area (Å²) in [6.45, 7) is 0.385. The van der Waals surface area contributed by atoms with E-state index < -0.39 is 0 Å². The maximum atomic E-state index is 12.1. The van der Waals surface area contributed by atoms with E-state index >= 15 is 0 Å². The molecule has 0 aromatic heterocycles. The molecule has 0 bridgehead atoms. The van der Waals surface area contributed by atoms with E-state index in [0.717, 1.165) is 18.4 Å². The van der Waals surface area contributed by atoms with Gasteiger partial charge in [-0.25, -0.2) is 0 Å². The number of hydrogen-bond acceptors (Lipinski definition) is 3. The summed E-state index contributed by atoms with van der Waals surface area (Å²) in [5, 5.41) is 2.94. The normalized spacial score (nSPS) is 14.9. The van der Waals surface area contributed by atoms with Gasteiger partial charge in [-0.3, -0.25) is 9.59 Å². The first-order valence-electron chi connectivity index (χ1n) is 9.20. The van der Waals surface area contributed by atoms with Crippen LogP contribution >= 0.6 is 0 Å². The van der Waals surface area contributed by atoms with Crippen LogP contribution in [0.5, 0.6) is 0 Å². The smallest absolute Gasteiger partial charge is 0.306 e. The summed E-state index contributed by atoms with van der Waals surface area (Å²) in [6, 6.07) is 20.1. The van der Waals surface area contributed by atoms with Crippen LogP contribution in [-0.4, -0.2) is 25.0 Å². The van der Waals surface area contributed by atoms with Gasteiger partial charge in [-0.2, -0.15) is 0 Å². The van der Waals surface area contributed by atoms with Gasteiger partial charge in [-0.05, 0) is 30.4 Å². The van der Waals surface area contributed by atoms with Crippen molar-refractivity contribution in [3.05, 3.63) is 71.8 Å².